The molecule has 1 heterocycles. The molecule has 0 aliphatic heterocycles. The maximum atomic E-state index is 11.1. The van der Waals surface area contributed by atoms with Gasteiger partial charge in [-0.1, -0.05) is 0 Å². The highest BCUT2D eigenvalue weighted by atomic mass is 127. The molecule has 0 amide bonds. The zero-order valence-electron chi connectivity index (χ0n) is 6.08. The van der Waals surface area contributed by atoms with E-state index in [0.717, 1.165) is 9.96 Å². The lowest BCUT2D eigenvalue weighted by Crippen LogP contribution is -2.00. The maximum Gasteiger partial charge on any atom is 0.178 e. The number of pyridine rings is 1. The summed E-state index contributed by atoms with van der Waals surface area (Å²) in [6.07, 6.45) is 1.15. The second kappa shape index (κ2) is 3.59. The second-order valence-corrected chi connectivity index (χ2v) is 6.04. The summed E-state index contributed by atoms with van der Waals surface area (Å²) in [4.78, 5) is 4.19. The van der Waals surface area contributed by atoms with Crippen LogP contribution in [0, 0.1) is 3.70 Å². The highest BCUT2D eigenvalue weighted by Crippen LogP contribution is 2.20. The Morgan fingerprint density at radius 3 is 2.50 bits per heavy atom. The summed E-state index contributed by atoms with van der Waals surface area (Å²) >= 11 is 5.10. The molecule has 0 fully saturated rings. The van der Waals surface area contributed by atoms with E-state index in [1.54, 1.807) is 6.07 Å². The van der Waals surface area contributed by atoms with Gasteiger partial charge in [0.1, 0.15) is 8.30 Å². The van der Waals surface area contributed by atoms with Gasteiger partial charge in [-0.05, 0) is 50.7 Å². The maximum absolute atomic E-state index is 11.1. The van der Waals surface area contributed by atoms with Crippen molar-refractivity contribution < 1.29 is 8.42 Å². The van der Waals surface area contributed by atoms with Crippen LogP contribution in [0.25, 0.3) is 0 Å². The van der Waals surface area contributed by atoms with Gasteiger partial charge in [0.15, 0.2) is 9.84 Å². The molecule has 0 spiro atoms. The van der Waals surface area contributed by atoms with E-state index in [0.29, 0.717) is 4.60 Å². The predicted molar refractivity (Wildman–Crippen MR) is 57.8 cm³/mol. The third-order valence-electron chi connectivity index (χ3n) is 1.18. The van der Waals surface area contributed by atoms with Crippen molar-refractivity contribution in [3.05, 3.63) is 20.4 Å². The largest absolute Gasteiger partial charge is 0.234 e. The lowest BCUT2D eigenvalue weighted by atomic mass is 10.5. The summed E-state index contributed by atoms with van der Waals surface area (Å²) in [5.74, 6) is 0. The van der Waals surface area contributed by atoms with Crippen molar-refractivity contribution in [3.63, 3.8) is 0 Å². The summed E-state index contributed by atoms with van der Waals surface area (Å²) in [7, 11) is -3.16. The number of aromatic nitrogens is 1. The third kappa shape index (κ3) is 2.40. The highest BCUT2D eigenvalue weighted by Gasteiger charge is 2.12. The normalized spacial score (nSPS) is 11.6. The topological polar surface area (TPSA) is 47.0 Å². The molecular weight excluding hydrogens is 357 g/mol. The third-order valence-corrected chi connectivity index (χ3v) is 3.78. The van der Waals surface area contributed by atoms with Crippen molar-refractivity contribution in [1.82, 2.24) is 4.98 Å². The zero-order chi connectivity index (χ0) is 9.35. The monoisotopic (exact) mass is 361 g/mol. The van der Waals surface area contributed by atoms with Crippen LogP contribution in [0.2, 0.25) is 0 Å². The van der Waals surface area contributed by atoms with Crippen LogP contribution in [0.4, 0.5) is 0 Å². The van der Waals surface area contributed by atoms with Gasteiger partial charge in [-0.3, -0.25) is 0 Å². The number of sulfone groups is 1. The van der Waals surface area contributed by atoms with Gasteiger partial charge >= 0.3 is 0 Å². The van der Waals surface area contributed by atoms with Gasteiger partial charge in [0.25, 0.3) is 0 Å². The smallest absolute Gasteiger partial charge is 0.178 e. The van der Waals surface area contributed by atoms with Gasteiger partial charge in [-0.25, -0.2) is 13.4 Å². The van der Waals surface area contributed by atoms with Crippen molar-refractivity contribution in [2.45, 2.75) is 4.90 Å². The van der Waals surface area contributed by atoms with Gasteiger partial charge < -0.3 is 0 Å². The molecule has 3 nitrogen and oxygen atoms in total. The molecule has 1 aromatic heterocycles. The van der Waals surface area contributed by atoms with E-state index in [4.69, 9.17) is 0 Å². The molecule has 0 N–H and O–H groups in total. The van der Waals surface area contributed by atoms with Crippen molar-refractivity contribution in [2.24, 2.45) is 0 Å². The van der Waals surface area contributed by atoms with Crippen LogP contribution < -0.4 is 0 Å². The lowest BCUT2D eigenvalue weighted by Gasteiger charge is -2.00. The average molecular weight is 362 g/mol. The fraction of sp³-hybridized carbons (Fsp3) is 0.167. The molecular formula is C6H5BrINO2S. The van der Waals surface area contributed by atoms with Crippen molar-refractivity contribution >= 4 is 48.4 Å². The van der Waals surface area contributed by atoms with Crippen LogP contribution >= 0.6 is 38.5 Å². The molecule has 0 aliphatic carbocycles. The Bertz CT molecular complexity index is 404. The predicted octanol–water partition coefficient (Wildman–Crippen LogP) is 1.85. The molecule has 0 aliphatic rings. The van der Waals surface area contributed by atoms with Crippen LogP contribution in [0.15, 0.2) is 21.6 Å². The minimum absolute atomic E-state index is 0.225. The number of hydrogen-bond donors (Lipinski definition) is 0. The summed E-state index contributed by atoms with van der Waals surface area (Å²) in [6.45, 7) is 0. The Kier molecular flexibility index (Phi) is 3.11. The Morgan fingerprint density at radius 2 is 2.08 bits per heavy atom. The zero-order valence-corrected chi connectivity index (χ0v) is 10.6. The first-order chi connectivity index (χ1) is 5.41. The first-order valence-electron chi connectivity index (χ1n) is 2.93. The number of rotatable bonds is 1. The summed E-state index contributed by atoms with van der Waals surface area (Å²) in [6, 6.07) is 3.19. The van der Waals surface area contributed by atoms with Crippen molar-refractivity contribution in [2.75, 3.05) is 6.26 Å². The van der Waals surface area contributed by atoms with Gasteiger partial charge in [-0.2, -0.15) is 0 Å². The van der Waals surface area contributed by atoms with Crippen LogP contribution in [0.5, 0.6) is 0 Å². The Hall–Kier alpha value is 0.310. The molecule has 0 aromatic carbocycles. The van der Waals surface area contributed by atoms with E-state index >= 15 is 0 Å². The van der Waals surface area contributed by atoms with E-state index in [1.165, 1.54) is 6.07 Å². The molecule has 0 radical (unpaired) electrons. The summed E-state index contributed by atoms with van der Waals surface area (Å²) in [5.41, 5.74) is 0. The standard InChI is InChI=1S/C6H5BrINO2S/c1-12(10,11)4-2-3-5(8)9-6(4)7/h2-3H,1H3. The molecule has 1 rings (SSSR count). The first-order valence-corrected chi connectivity index (χ1v) is 6.69. The van der Waals surface area contributed by atoms with E-state index in [9.17, 15) is 8.42 Å². The van der Waals surface area contributed by atoms with Gasteiger partial charge in [0.05, 0.1) is 4.90 Å². The van der Waals surface area contributed by atoms with E-state index in [1.807, 2.05) is 22.6 Å². The second-order valence-electron chi connectivity index (χ2n) is 2.20. The van der Waals surface area contributed by atoms with Crippen molar-refractivity contribution in [3.8, 4) is 0 Å². The van der Waals surface area contributed by atoms with E-state index in [2.05, 4.69) is 20.9 Å². The first kappa shape index (κ1) is 10.4. The number of halogens is 2. The molecule has 0 saturated heterocycles. The van der Waals surface area contributed by atoms with Gasteiger partial charge in [-0.15, -0.1) is 0 Å². The minimum Gasteiger partial charge on any atom is -0.234 e. The number of nitrogens with zero attached hydrogens (tertiary/aromatic N) is 1. The molecule has 1 aromatic rings. The summed E-state index contributed by atoms with van der Waals surface area (Å²) < 4.78 is 23.3. The number of hydrogen-bond acceptors (Lipinski definition) is 3. The summed E-state index contributed by atoms with van der Waals surface area (Å²) in [5, 5.41) is 0. The molecule has 6 heteroatoms. The molecule has 0 bridgehead atoms. The molecule has 0 saturated carbocycles. The Balaban J connectivity index is 3.39. The minimum atomic E-state index is -3.16. The quantitative estimate of drug-likeness (QED) is 0.566. The van der Waals surface area contributed by atoms with Gasteiger partial charge in [0.2, 0.25) is 0 Å². The fourth-order valence-electron chi connectivity index (χ4n) is 0.676. The lowest BCUT2D eigenvalue weighted by molar-refractivity contribution is 0.601. The Labute approximate surface area is 92.8 Å². The van der Waals surface area contributed by atoms with Crippen LogP contribution in [-0.2, 0) is 9.84 Å². The molecule has 66 valence electrons. The van der Waals surface area contributed by atoms with E-state index < -0.39 is 9.84 Å². The molecule has 12 heavy (non-hydrogen) atoms. The molecule has 0 unspecified atom stereocenters. The van der Waals surface area contributed by atoms with Crippen LogP contribution in [0.3, 0.4) is 0 Å². The Morgan fingerprint density at radius 1 is 1.50 bits per heavy atom. The fourth-order valence-corrected chi connectivity index (χ4v) is 3.30. The SMILES string of the molecule is CS(=O)(=O)c1ccc(I)nc1Br. The van der Waals surface area contributed by atoms with E-state index in [-0.39, 0.29) is 4.90 Å². The van der Waals surface area contributed by atoms with Gasteiger partial charge in [0, 0.05) is 6.26 Å². The average Bonchev–Trinajstić information content (AvgIpc) is 1.83. The van der Waals surface area contributed by atoms with Crippen LogP contribution in [-0.4, -0.2) is 19.7 Å². The highest BCUT2D eigenvalue weighted by molar-refractivity contribution is 14.1. The molecule has 0 atom stereocenters. The van der Waals surface area contributed by atoms with Crippen molar-refractivity contribution in [1.29, 1.82) is 0 Å². The van der Waals surface area contributed by atoms with Crippen LogP contribution in [0.1, 0.15) is 0 Å².